The van der Waals surface area contributed by atoms with E-state index in [1.54, 1.807) is 50.2 Å². The van der Waals surface area contributed by atoms with Crippen LogP contribution < -0.4 is 0 Å². The van der Waals surface area contributed by atoms with Gasteiger partial charge in [-0.25, -0.2) is 19.0 Å². The minimum Gasteiger partial charge on any atom is -0.493 e. The Morgan fingerprint density at radius 2 is 0.941 bits per heavy atom. The van der Waals surface area contributed by atoms with Gasteiger partial charge in [-0.05, 0) is 76.2 Å². The van der Waals surface area contributed by atoms with Crippen LogP contribution in [0.2, 0.25) is 0 Å². The Morgan fingerprint density at radius 3 is 1.27 bits per heavy atom. The molecule has 0 fully saturated rings. The number of aromatic carboxylic acids is 2. The van der Waals surface area contributed by atoms with Crippen molar-refractivity contribution in [2.45, 2.75) is 27.7 Å². The van der Waals surface area contributed by atoms with E-state index >= 15 is 0 Å². The smallest absolute Gasteiger partial charge is 0.337 e. The molecule has 12 nitrogen and oxygen atoms in total. The number of para-hydroxylation sites is 2. The summed E-state index contributed by atoms with van der Waals surface area (Å²) < 4.78 is 2.84. The summed E-state index contributed by atoms with van der Waals surface area (Å²) in [5.41, 5.74) is 6.08. The Kier molecular flexibility index (Phi) is 12.1. The van der Waals surface area contributed by atoms with Crippen LogP contribution in [0.4, 0.5) is 11.4 Å². The number of aromatic nitrogens is 4. The van der Waals surface area contributed by atoms with Crippen LogP contribution in [-0.4, -0.2) is 64.4 Å². The molecule has 0 aliphatic heterocycles. The van der Waals surface area contributed by atoms with Crippen LogP contribution >= 0.6 is 0 Å². The van der Waals surface area contributed by atoms with Crippen LogP contribution in [0.1, 0.15) is 54.4 Å². The summed E-state index contributed by atoms with van der Waals surface area (Å²) in [6.45, 7) is 7.15. The van der Waals surface area contributed by atoms with E-state index in [4.69, 9.17) is 0 Å². The van der Waals surface area contributed by atoms with Crippen molar-refractivity contribution in [1.82, 2.24) is 19.6 Å². The van der Waals surface area contributed by atoms with E-state index in [9.17, 15) is 30.0 Å². The molecule has 51 heavy (non-hydrogen) atoms. The molecule has 258 valence electrons. The van der Waals surface area contributed by atoms with Gasteiger partial charge in [-0.1, -0.05) is 59.7 Å². The number of hydrogen-bond acceptors (Lipinski definition) is 8. The van der Waals surface area contributed by atoms with Gasteiger partial charge in [0.25, 0.3) is 0 Å². The van der Waals surface area contributed by atoms with Gasteiger partial charge in [-0.3, -0.25) is 9.98 Å². The maximum Gasteiger partial charge on any atom is 0.337 e. The predicted molar refractivity (Wildman–Crippen MR) is 191 cm³/mol. The maximum absolute atomic E-state index is 11.4. The van der Waals surface area contributed by atoms with Crippen molar-refractivity contribution in [1.29, 1.82) is 0 Å². The average molecular weight is 723 g/mol. The molecule has 4 N–H and O–H groups in total. The van der Waals surface area contributed by atoms with Gasteiger partial charge in [0, 0.05) is 29.8 Å². The van der Waals surface area contributed by atoms with E-state index in [-0.39, 0.29) is 40.2 Å². The van der Waals surface area contributed by atoms with Gasteiger partial charge in [0.1, 0.15) is 0 Å². The molecule has 0 amide bonds. The van der Waals surface area contributed by atoms with Crippen LogP contribution in [0.25, 0.3) is 11.4 Å². The van der Waals surface area contributed by atoms with Gasteiger partial charge in [0.15, 0.2) is 0 Å². The first kappa shape index (κ1) is 37.5. The predicted octanol–water partition coefficient (Wildman–Crippen LogP) is 7.28. The zero-order chi connectivity index (χ0) is 35.9. The molecular formula is C38H34CrN6O6. The molecule has 0 saturated heterocycles. The van der Waals surface area contributed by atoms with Crippen molar-refractivity contribution in [3.05, 3.63) is 142 Å². The normalized spacial score (nSPS) is 10.9. The van der Waals surface area contributed by atoms with Crippen molar-refractivity contribution in [3.63, 3.8) is 0 Å². The minimum atomic E-state index is -1.04. The Labute approximate surface area is 304 Å². The number of hydrogen-bond donors (Lipinski definition) is 4. The standard InChI is InChI=1S/2C19H17N3O3.Cr/c2*1-12-8-9-17(15(10-12)19(24)25)20-11-16-13(2)21-22(18(16)23)14-6-4-3-5-7-14;/h2*3-11,23H,1-2H3,(H,24,25);. The SMILES string of the molecule is Cc1ccc(N=Cc2c(C)nn(-c3ccccc3)c2O)c(C(=O)O)c1.Cc1ccc(N=Cc2c(C)nn(-c3ccccc3)c2O)c(C(=O)O)c1.[Cr]. The third-order valence-corrected chi connectivity index (χ3v) is 7.59. The first-order valence-corrected chi connectivity index (χ1v) is 15.4. The van der Waals surface area contributed by atoms with Crippen LogP contribution in [0.3, 0.4) is 0 Å². The van der Waals surface area contributed by atoms with Crippen LogP contribution in [-0.2, 0) is 17.4 Å². The van der Waals surface area contributed by atoms with Gasteiger partial charge < -0.3 is 20.4 Å². The number of carbonyl (C=O) groups is 2. The summed E-state index contributed by atoms with van der Waals surface area (Å²) in [5, 5.41) is 48.2. The van der Waals surface area contributed by atoms with Gasteiger partial charge in [-0.15, -0.1) is 0 Å². The number of benzene rings is 4. The van der Waals surface area contributed by atoms with E-state index in [1.165, 1.54) is 21.8 Å². The maximum atomic E-state index is 11.4. The fourth-order valence-corrected chi connectivity index (χ4v) is 4.99. The van der Waals surface area contributed by atoms with Crippen LogP contribution in [0.5, 0.6) is 11.8 Å². The number of nitrogens with zero attached hydrogens (tertiary/aromatic N) is 6. The van der Waals surface area contributed by atoms with E-state index < -0.39 is 11.9 Å². The molecule has 13 heteroatoms. The first-order valence-electron chi connectivity index (χ1n) is 15.4. The molecular weight excluding hydrogens is 688 g/mol. The number of carboxylic acids is 2. The van der Waals surface area contributed by atoms with E-state index in [1.807, 2.05) is 74.5 Å². The van der Waals surface area contributed by atoms with Gasteiger partial charge >= 0.3 is 11.9 Å². The third-order valence-electron chi connectivity index (χ3n) is 7.59. The Balaban J connectivity index is 0.000000224. The molecule has 0 atom stereocenters. The van der Waals surface area contributed by atoms with E-state index in [2.05, 4.69) is 20.2 Å². The largest absolute Gasteiger partial charge is 0.493 e. The Bertz CT molecular complexity index is 2090. The second kappa shape index (κ2) is 16.4. The molecule has 0 aliphatic carbocycles. The number of aryl methyl sites for hydroxylation is 4. The summed E-state index contributed by atoms with van der Waals surface area (Å²) in [6, 6.07) is 28.5. The molecule has 0 spiro atoms. The summed E-state index contributed by atoms with van der Waals surface area (Å²) in [6.07, 6.45) is 2.88. The quantitative estimate of drug-likeness (QED) is 0.119. The third kappa shape index (κ3) is 8.66. The molecule has 0 saturated carbocycles. The summed E-state index contributed by atoms with van der Waals surface area (Å²) in [7, 11) is 0. The number of rotatable bonds is 8. The van der Waals surface area contributed by atoms with Crippen molar-refractivity contribution in [3.8, 4) is 23.1 Å². The van der Waals surface area contributed by atoms with Crippen molar-refractivity contribution < 1.29 is 47.4 Å². The van der Waals surface area contributed by atoms with Crippen LogP contribution in [0.15, 0.2) is 107 Å². The zero-order valence-corrected chi connectivity index (χ0v) is 29.4. The van der Waals surface area contributed by atoms with Gasteiger partial charge in [-0.2, -0.15) is 10.2 Å². The van der Waals surface area contributed by atoms with Crippen LogP contribution in [0, 0.1) is 27.7 Å². The minimum absolute atomic E-state index is 0. The summed E-state index contributed by atoms with van der Waals surface area (Å²) in [5.74, 6) is -2.18. The molecule has 0 bridgehead atoms. The molecule has 6 rings (SSSR count). The fraction of sp³-hybridized carbons (Fsp3) is 0.105. The second-order valence-electron chi connectivity index (χ2n) is 11.3. The molecule has 6 aromatic rings. The van der Waals surface area contributed by atoms with E-state index in [0.717, 1.165) is 22.5 Å². The average Bonchev–Trinajstić information content (AvgIpc) is 3.56. The fourth-order valence-electron chi connectivity index (χ4n) is 4.99. The van der Waals surface area contributed by atoms with E-state index in [0.29, 0.717) is 33.9 Å². The topological polar surface area (TPSA) is 175 Å². The Hall–Kier alpha value is -6.29. The number of aliphatic imine (C=N–C) groups is 2. The zero-order valence-electron chi connectivity index (χ0n) is 28.1. The molecule has 2 heterocycles. The number of carboxylic acid groups (broad SMARTS) is 2. The molecule has 0 unspecified atom stereocenters. The first-order chi connectivity index (χ1) is 23.9. The van der Waals surface area contributed by atoms with Crippen molar-refractivity contribution in [2.75, 3.05) is 0 Å². The molecule has 0 radical (unpaired) electrons. The Morgan fingerprint density at radius 1 is 0.588 bits per heavy atom. The second-order valence-corrected chi connectivity index (χ2v) is 11.3. The van der Waals surface area contributed by atoms with Crippen molar-refractivity contribution in [2.24, 2.45) is 9.98 Å². The monoisotopic (exact) mass is 722 g/mol. The van der Waals surface area contributed by atoms with Gasteiger partial charge in [0.05, 0.1) is 56.4 Å². The summed E-state index contributed by atoms with van der Waals surface area (Å²) in [4.78, 5) is 31.2. The molecule has 2 aromatic heterocycles. The molecule has 4 aromatic carbocycles. The number of aromatic hydroxyl groups is 2. The molecule has 0 aliphatic rings. The van der Waals surface area contributed by atoms with Gasteiger partial charge in [0.2, 0.25) is 11.8 Å². The summed E-state index contributed by atoms with van der Waals surface area (Å²) >= 11 is 0. The van der Waals surface area contributed by atoms with Crippen molar-refractivity contribution >= 4 is 35.7 Å².